The van der Waals surface area contributed by atoms with E-state index in [0.29, 0.717) is 0 Å². The standard InChI is InChI=1S/C28H16N.Al/c1-2-8-18-17(7-1)13-14-24-27-25(29-28(18)24)16-15-23-21-11-4-3-9-19(21)20-10-5-6-12-22(20)26(23)27;/h1-16H;/q-1;+1. The molecule has 0 fully saturated rings. The van der Waals surface area contributed by atoms with Crippen LogP contribution < -0.4 is 0 Å². The molecule has 1 nitrogen and oxygen atoms in total. The van der Waals surface area contributed by atoms with Gasteiger partial charge in [-0.15, -0.1) is 0 Å². The summed E-state index contributed by atoms with van der Waals surface area (Å²) in [6, 6.07) is 35.4. The van der Waals surface area contributed by atoms with Gasteiger partial charge in [0.25, 0.3) is 0 Å². The second-order valence-electron chi connectivity index (χ2n) is 8.03. The number of hydrogen-bond donors (Lipinski definition) is 0. The van der Waals surface area contributed by atoms with Gasteiger partial charge < -0.3 is 3.55 Å². The summed E-state index contributed by atoms with van der Waals surface area (Å²) in [6.07, 6.45) is 0. The predicted octanol–water partition coefficient (Wildman–Crippen LogP) is 7.34. The van der Waals surface area contributed by atoms with E-state index in [0.717, 1.165) is 0 Å². The van der Waals surface area contributed by atoms with Crippen LogP contribution in [0.5, 0.6) is 0 Å². The first-order valence-corrected chi connectivity index (χ1v) is 10.8. The minimum absolute atomic E-state index is 1.25. The third-order valence-corrected chi connectivity index (χ3v) is 7.09. The normalized spacial score (nSPS) is 12.1. The van der Waals surface area contributed by atoms with Crippen molar-refractivity contribution >= 4 is 81.4 Å². The number of hydrogen-bond acceptors (Lipinski definition) is 0. The summed E-state index contributed by atoms with van der Waals surface area (Å²) in [5.74, 6) is 0. The molecule has 0 aliphatic heterocycles. The maximum Gasteiger partial charge on any atom is 0.318 e. The van der Waals surface area contributed by atoms with Gasteiger partial charge >= 0.3 is 16.5 Å². The topological polar surface area (TPSA) is 4.93 Å². The van der Waals surface area contributed by atoms with Crippen LogP contribution in [-0.4, -0.2) is 20.1 Å². The Morgan fingerprint density at radius 1 is 0.433 bits per heavy atom. The van der Waals surface area contributed by atoms with Crippen LogP contribution in [0.3, 0.4) is 0 Å². The molecule has 0 bridgehead atoms. The Balaban J connectivity index is 1.87. The molecule has 0 amide bonds. The molecule has 1 heterocycles. The fourth-order valence-corrected chi connectivity index (χ4v) is 5.79. The van der Waals surface area contributed by atoms with Crippen molar-refractivity contribution in [3.63, 3.8) is 0 Å². The summed E-state index contributed by atoms with van der Waals surface area (Å²) in [5.41, 5.74) is 2.53. The van der Waals surface area contributed by atoms with E-state index in [4.69, 9.17) is 0 Å². The zero-order valence-electron chi connectivity index (χ0n) is 16.3. The zero-order valence-corrected chi connectivity index (χ0v) is 17.4. The minimum atomic E-state index is 1.25. The highest BCUT2D eigenvalue weighted by Gasteiger charge is 2.16. The highest BCUT2D eigenvalue weighted by Crippen LogP contribution is 2.43. The molecule has 0 saturated heterocycles. The molecule has 6 aromatic carbocycles. The lowest BCUT2D eigenvalue weighted by Gasteiger charge is -2.12. The lowest BCUT2D eigenvalue weighted by molar-refractivity contribution is 1.41. The van der Waals surface area contributed by atoms with Gasteiger partial charge in [-0.25, -0.2) is 0 Å². The maximum absolute atomic E-state index is 2.95. The van der Waals surface area contributed by atoms with Crippen LogP contribution in [0.1, 0.15) is 0 Å². The molecule has 0 unspecified atom stereocenters. The van der Waals surface area contributed by atoms with Gasteiger partial charge in [-0.2, -0.15) is 0 Å². The number of rotatable bonds is 0. The number of aromatic nitrogens is 1. The molecule has 0 aliphatic carbocycles. The molecule has 30 heavy (non-hydrogen) atoms. The van der Waals surface area contributed by atoms with Crippen molar-refractivity contribution in [2.24, 2.45) is 0 Å². The molecule has 0 saturated carbocycles. The SMILES string of the molecule is [Al][n]1c2ccc3c4ccccc4c4ccccc4c3c2c2ccc3ccccc3c21. The number of fused-ring (bicyclic) bond motifs is 12. The van der Waals surface area contributed by atoms with Gasteiger partial charge in [0, 0.05) is 32.6 Å². The highest BCUT2D eigenvalue weighted by molar-refractivity contribution is 6.38. The van der Waals surface area contributed by atoms with Gasteiger partial charge in [-0.3, -0.25) is 0 Å². The molecule has 0 atom stereocenters. The van der Waals surface area contributed by atoms with Crippen molar-refractivity contribution < 1.29 is 0 Å². The van der Waals surface area contributed by atoms with E-state index in [1.54, 1.807) is 0 Å². The fraction of sp³-hybridized carbons (Fsp3) is 0. The highest BCUT2D eigenvalue weighted by atomic mass is 27.1. The smallest absolute Gasteiger partial charge is 0.318 e. The van der Waals surface area contributed by atoms with Crippen molar-refractivity contribution in [3.8, 4) is 0 Å². The molecule has 7 rings (SSSR count). The molecule has 1 aromatic heterocycles. The Morgan fingerprint density at radius 2 is 0.967 bits per heavy atom. The first kappa shape index (κ1) is 16.5. The molecule has 0 aliphatic rings. The van der Waals surface area contributed by atoms with E-state index < -0.39 is 0 Å². The summed E-state index contributed by atoms with van der Waals surface area (Å²) in [5, 5.41) is 13.2. The van der Waals surface area contributed by atoms with E-state index in [9.17, 15) is 0 Å². The van der Waals surface area contributed by atoms with Crippen LogP contribution in [0.2, 0.25) is 0 Å². The third kappa shape index (κ3) is 1.98. The summed E-state index contributed by atoms with van der Waals surface area (Å²) in [6.45, 7) is 0. The Hall–Kier alpha value is -3.31. The van der Waals surface area contributed by atoms with Crippen LogP contribution in [-0.2, 0) is 0 Å². The molecule has 0 spiro atoms. The summed E-state index contributed by atoms with van der Waals surface area (Å²) >= 11 is 2.95. The quantitative estimate of drug-likeness (QED) is 0.188. The number of nitrogens with zero attached hydrogens (tertiary/aromatic N) is 1. The predicted molar refractivity (Wildman–Crippen MR) is 131 cm³/mol. The lowest BCUT2D eigenvalue weighted by Crippen LogP contribution is -1.91. The van der Waals surface area contributed by atoms with Crippen molar-refractivity contribution in [2.45, 2.75) is 0 Å². The molecule has 7 aromatic rings. The second kappa shape index (κ2) is 5.86. The van der Waals surface area contributed by atoms with E-state index in [-0.39, 0.29) is 0 Å². The van der Waals surface area contributed by atoms with Crippen LogP contribution in [0.15, 0.2) is 97.1 Å². The van der Waals surface area contributed by atoms with Gasteiger partial charge in [-0.1, -0.05) is 91.0 Å². The molecular formula is C28H16AlN. The minimum Gasteiger partial charge on any atom is -0.451 e. The fourth-order valence-electron chi connectivity index (χ4n) is 5.29. The average molecular weight is 393 g/mol. The van der Waals surface area contributed by atoms with Gasteiger partial charge in [-0.05, 0) is 38.4 Å². The van der Waals surface area contributed by atoms with Crippen molar-refractivity contribution in [3.05, 3.63) is 97.1 Å². The summed E-state index contributed by atoms with van der Waals surface area (Å²) in [7, 11) is 0. The van der Waals surface area contributed by atoms with E-state index >= 15 is 0 Å². The maximum atomic E-state index is 2.95. The Morgan fingerprint density at radius 3 is 1.70 bits per heavy atom. The van der Waals surface area contributed by atoms with Crippen LogP contribution >= 0.6 is 0 Å². The lowest BCUT2D eigenvalue weighted by atomic mass is 9.91. The van der Waals surface area contributed by atoms with Gasteiger partial charge in [0.05, 0.1) is 0 Å². The van der Waals surface area contributed by atoms with Crippen LogP contribution in [0, 0.1) is 0 Å². The molecular weight excluding hydrogens is 377 g/mol. The molecule has 0 N–H and O–H groups in total. The van der Waals surface area contributed by atoms with E-state index in [1.165, 1.54) is 64.9 Å². The van der Waals surface area contributed by atoms with Gasteiger partial charge in [0.2, 0.25) is 0 Å². The zero-order chi connectivity index (χ0) is 19.8. The van der Waals surface area contributed by atoms with E-state index in [2.05, 4.69) is 117 Å². The second-order valence-corrected chi connectivity index (χ2v) is 8.54. The van der Waals surface area contributed by atoms with Crippen LogP contribution in [0.25, 0.3) is 64.9 Å². The van der Waals surface area contributed by atoms with E-state index in [1.807, 2.05) is 0 Å². The Kier molecular flexibility index (Phi) is 3.22. The van der Waals surface area contributed by atoms with Gasteiger partial charge in [0.15, 0.2) is 0 Å². The first-order valence-electron chi connectivity index (χ1n) is 10.3. The van der Waals surface area contributed by atoms with Gasteiger partial charge in [0.1, 0.15) is 0 Å². The molecule has 2 radical (unpaired) electrons. The largest absolute Gasteiger partial charge is 0.451 e. The Labute approximate surface area is 181 Å². The van der Waals surface area contributed by atoms with Crippen molar-refractivity contribution in [2.75, 3.05) is 0 Å². The van der Waals surface area contributed by atoms with Crippen LogP contribution in [0.4, 0.5) is 0 Å². The monoisotopic (exact) mass is 393 g/mol. The average Bonchev–Trinajstić information content (AvgIpc) is 3.11. The van der Waals surface area contributed by atoms with Crippen molar-refractivity contribution in [1.82, 2.24) is 3.55 Å². The summed E-state index contributed by atoms with van der Waals surface area (Å²) < 4.78 is 2.29. The summed E-state index contributed by atoms with van der Waals surface area (Å²) in [4.78, 5) is 0. The third-order valence-electron chi connectivity index (χ3n) is 6.56. The molecule has 2 heteroatoms. The first-order chi connectivity index (χ1) is 14.8. The Bertz CT molecular complexity index is 1770. The number of benzene rings is 6. The molecule has 136 valence electrons. The van der Waals surface area contributed by atoms with Crippen molar-refractivity contribution in [1.29, 1.82) is 0 Å².